The van der Waals surface area contributed by atoms with Crippen LogP contribution in [0.4, 0.5) is 5.69 Å². The van der Waals surface area contributed by atoms with E-state index in [9.17, 15) is 14.4 Å². The highest BCUT2D eigenvalue weighted by Gasteiger charge is 2.42. The summed E-state index contributed by atoms with van der Waals surface area (Å²) in [6.07, 6.45) is 2.89. The van der Waals surface area contributed by atoms with Crippen LogP contribution in [0.2, 0.25) is 0 Å². The average Bonchev–Trinajstić information content (AvgIpc) is 3.24. The van der Waals surface area contributed by atoms with Crippen molar-refractivity contribution >= 4 is 23.4 Å². The van der Waals surface area contributed by atoms with Gasteiger partial charge in [0.2, 0.25) is 5.91 Å². The van der Waals surface area contributed by atoms with Crippen LogP contribution in [0.15, 0.2) is 41.0 Å². The summed E-state index contributed by atoms with van der Waals surface area (Å²) in [5.74, 6) is 0.682. The van der Waals surface area contributed by atoms with Crippen molar-refractivity contribution < 1.29 is 18.8 Å². The molecule has 3 amide bonds. The number of hydrogen-bond donors (Lipinski definition) is 1. The summed E-state index contributed by atoms with van der Waals surface area (Å²) in [5.41, 5.74) is 1.54. The van der Waals surface area contributed by atoms with Crippen molar-refractivity contribution in [2.45, 2.75) is 25.8 Å². The van der Waals surface area contributed by atoms with E-state index in [-0.39, 0.29) is 23.8 Å². The lowest BCUT2D eigenvalue weighted by Crippen LogP contribution is -2.49. The fourth-order valence-electron chi connectivity index (χ4n) is 4.13. The number of benzene rings is 1. The van der Waals surface area contributed by atoms with Gasteiger partial charge in [0.15, 0.2) is 0 Å². The molecule has 7 nitrogen and oxygen atoms in total. The van der Waals surface area contributed by atoms with Crippen LogP contribution >= 0.6 is 0 Å². The van der Waals surface area contributed by atoms with Crippen molar-refractivity contribution in [3.05, 3.63) is 53.5 Å². The maximum atomic E-state index is 13.0. The number of carbonyl (C=O) groups is 3. The third kappa shape index (κ3) is 3.28. The lowest BCUT2D eigenvalue weighted by atomic mass is 9.92. The Morgan fingerprint density at radius 1 is 1.25 bits per heavy atom. The molecule has 2 atom stereocenters. The number of furan rings is 1. The molecular weight excluding hydrogens is 358 g/mol. The Bertz CT molecular complexity index is 935. The first kappa shape index (κ1) is 18.3. The topological polar surface area (TPSA) is 82.9 Å². The zero-order valence-electron chi connectivity index (χ0n) is 16.0. The van der Waals surface area contributed by atoms with Gasteiger partial charge in [0.05, 0.1) is 17.9 Å². The molecule has 1 aromatic heterocycles. The number of fused-ring (bicyclic) bond motifs is 1. The van der Waals surface area contributed by atoms with Gasteiger partial charge in [-0.05, 0) is 43.5 Å². The molecule has 2 aliphatic rings. The number of rotatable bonds is 3. The molecule has 1 N–H and O–H groups in total. The van der Waals surface area contributed by atoms with Gasteiger partial charge in [-0.1, -0.05) is 6.07 Å². The fourth-order valence-corrected chi connectivity index (χ4v) is 4.13. The molecule has 4 rings (SSSR count). The summed E-state index contributed by atoms with van der Waals surface area (Å²) in [4.78, 5) is 40.9. The number of piperidine rings is 1. The van der Waals surface area contributed by atoms with Crippen LogP contribution in [0.1, 0.15) is 39.3 Å². The van der Waals surface area contributed by atoms with E-state index in [2.05, 4.69) is 5.32 Å². The van der Waals surface area contributed by atoms with Crippen molar-refractivity contribution in [1.29, 1.82) is 0 Å². The molecule has 0 radical (unpaired) electrons. The largest absolute Gasteiger partial charge is 0.469 e. The van der Waals surface area contributed by atoms with Gasteiger partial charge in [0.1, 0.15) is 5.76 Å². The summed E-state index contributed by atoms with van der Waals surface area (Å²) >= 11 is 0. The van der Waals surface area contributed by atoms with Crippen molar-refractivity contribution in [3.63, 3.8) is 0 Å². The minimum Gasteiger partial charge on any atom is -0.469 e. The van der Waals surface area contributed by atoms with E-state index in [0.29, 0.717) is 48.0 Å². The number of likely N-dealkylation sites (tertiary alicyclic amines) is 2. The molecule has 2 aromatic rings. The van der Waals surface area contributed by atoms with Gasteiger partial charge < -0.3 is 19.5 Å². The van der Waals surface area contributed by atoms with Gasteiger partial charge in [-0.15, -0.1) is 0 Å². The normalized spacial score (nSPS) is 21.6. The number of nitrogens with one attached hydrogen (secondary N) is 1. The van der Waals surface area contributed by atoms with Crippen molar-refractivity contribution in [2.24, 2.45) is 5.92 Å². The van der Waals surface area contributed by atoms with Crippen LogP contribution in [0, 0.1) is 12.8 Å². The first-order chi connectivity index (χ1) is 13.4. The molecule has 7 heteroatoms. The Balaban J connectivity index is 1.47. The summed E-state index contributed by atoms with van der Waals surface area (Å²) in [6, 6.07) is 8.64. The molecule has 2 fully saturated rings. The number of nitrogens with zero attached hydrogens (tertiary/aromatic N) is 2. The first-order valence-corrected chi connectivity index (χ1v) is 9.44. The highest BCUT2D eigenvalue weighted by atomic mass is 16.3. The van der Waals surface area contributed by atoms with Crippen LogP contribution in [-0.2, 0) is 4.79 Å². The predicted molar refractivity (Wildman–Crippen MR) is 103 cm³/mol. The molecule has 1 aromatic carbocycles. The van der Waals surface area contributed by atoms with E-state index in [1.54, 1.807) is 47.1 Å². The van der Waals surface area contributed by atoms with Gasteiger partial charge >= 0.3 is 0 Å². The Kier molecular flexibility index (Phi) is 4.66. The lowest BCUT2D eigenvalue weighted by molar-refractivity contribution is -0.127. The smallest absolute Gasteiger partial charge is 0.259 e. The maximum absolute atomic E-state index is 13.0. The number of likely N-dealkylation sites (N-methyl/N-ethyl adjacent to an activating group) is 1. The van der Waals surface area contributed by atoms with Crippen LogP contribution in [0.25, 0.3) is 0 Å². The van der Waals surface area contributed by atoms with Crippen LogP contribution in [0.3, 0.4) is 0 Å². The third-order valence-electron chi connectivity index (χ3n) is 5.81. The molecule has 2 aliphatic heterocycles. The predicted octanol–water partition coefficient (Wildman–Crippen LogP) is 2.53. The van der Waals surface area contributed by atoms with E-state index in [1.165, 1.54) is 6.26 Å². The number of hydrogen-bond acceptors (Lipinski definition) is 4. The number of anilines is 1. The molecular formula is C21H23N3O4. The van der Waals surface area contributed by atoms with E-state index < -0.39 is 0 Å². The molecule has 0 aliphatic carbocycles. The SMILES string of the molecule is Cc1occc1C(=O)Nc1cccc(C(=O)N2CC[C@@H]3CC(=O)N(C)[C@@H]3C2)c1. The van der Waals surface area contributed by atoms with Gasteiger partial charge in [0, 0.05) is 37.8 Å². The minimum atomic E-state index is -0.275. The molecule has 0 saturated carbocycles. The van der Waals surface area contributed by atoms with Crippen LogP contribution in [-0.4, -0.2) is 53.7 Å². The highest BCUT2D eigenvalue weighted by Crippen LogP contribution is 2.32. The number of amides is 3. The van der Waals surface area contributed by atoms with Gasteiger partial charge in [-0.2, -0.15) is 0 Å². The quantitative estimate of drug-likeness (QED) is 0.886. The van der Waals surface area contributed by atoms with Gasteiger partial charge in [-0.25, -0.2) is 0 Å². The summed E-state index contributed by atoms with van der Waals surface area (Å²) in [7, 11) is 1.81. The second kappa shape index (κ2) is 7.14. The molecule has 0 spiro atoms. The van der Waals surface area contributed by atoms with Crippen molar-refractivity contribution in [3.8, 4) is 0 Å². The van der Waals surface area contributed by atoms with E-state index in [1.807, 2.05) is 7.05 Å². The average molecular weight is 381 g/mol. The zero-order chi connectivity index (χ0) is 19.8. The number of aryl methyl sites for hydroxylation is 1. The van der Waals surface area contributed by atoms with Crippen LogP contribution in [0.5, 0.6) is 0 Å². The molecule has 3 heterocycles. The highest BCUT2D eigenvalue weighted by molar-refractivity contribution is 6.05. The van der Waals surface area contributed by atoms with Crippen molar-refractivity contribution in [2.75, 3.05) is 25.5 Å². The van der Waals surface area contributed by atoms with Crippen molar-refractivity contribution in [1.82, 2.24) is 9.80 Å². The third-order valence-corrected chi connectivity index (χ3v) is 5.81. The first-order valence-electron chi connectivity index (χ1n) is 9.44. The Hall–Kier alpha value is -3.09. The monoisotopic (exact) mass is 381 g/mol. The summed E-state index contributed by atoms with van der Waals surface area (Å²) in [5, 5.41) is 2.81. The molecule has 146 valence electrons. The van der Waals surface area contributed by atoms with Gasteiger partial charge in [-0.3, -0.25) is 14.4 Å². The zero-order valence-corrected chi connectivity index (χ0v) is 16.0. The Morgan fingerprint density at radius 2 is 2.07 bits per heavy atom. The molecule has 0 unspecified atom stereocenters. The van der Waals surface area contributed by atoms with E-state index in [0.717, 1.165) is 6.42 Å². The summed E-state index contributed by atoms with van der Waals surface area (Å²) in [6.45, 7) is 2.92. The maximum Gasteiger partial charge on any atom is 0.259 e. The minimum absolute atomic E-state index is 0.0817. The lowest BCUT2D eigenvalue weighted by Gasteiger charge is -2.37. The van der Waals surface area contributed by atoms with Crippen LogP contribution < -0.4 is 5.32 Å². The van der Waals surface area contributed by atoms with Gasteiger partial charge in [0.25, 0.3) is 11.8 Å². The molecule has 0 bridgehead atoms. The fraction of sp³-hybridized carbons (Fsp3) is 0.381. The second-order valence-corrected chi connectivity index (χ2v) is 7.50. The Labute approximate surface area is 163 Å². The standard InChI is InChI=1S/C21H23N3O4/c1-13-17(7-9-28-13)20(26)22-16-5-3-4-15(10-16)21(27)24-8-6-14-11-19(25)23(2)18(14)12-24/h3-5,7,9-10,14,18H,6,8,11-12H2,1-2H3,(H,22,26)/t14-,18-/m1/s1. The molecule has 28 heavy (non-hydrogen) atoms. The van der Waals surface area contributed by atoms with E-state index in [4.69, 9.17) is 4.42 Å². The van der Waals surface area contributed by atoms with E-state index >= 15 is 0 Å². The second-order valence-electron chi connectivity index (χ2n) is 7.50. The Morgan fingerprint density at radius 3 is 2.82 bits per heavy atom. The summed E-state index contributed by atoms with van der Waals surface area (Å²) < 4.78 is 5.17. The number of carbonyl (C=O) groups excluding carboxylic acids is 3. The molecule has 2 saturated heterocycles.